The Labute approximate surface area is 158 Å². The van der Waals surface area contributed by atoms with E-state index in [9.17, 15) is 14.9 Å². The van der Waals surface area contributed by atoms with E-state index in [1.165, 1.54) is 37.6 Å². The zero-order valence-electron chi connectivity index (χ0n) is 14.1. The van der Waals surface area contributed by atoms with Crippen molar-refractivity contribution in [2.75, 3.05) is 13.7 Å². The number of carbonyl (C=O) groups is 1. The topological polar surface area (TPSA) is 103 Å². The molecule has 0 aliphatic carbocycles. The lowest BCUT2D eigenvalue weighted by molar-refractivity contribution is -0.384. The van der Waals surface area contributed by atoms with Crippen LogP contribution >= 0.6 is 15.9 Å². The summed E-state index contributed by atoms with van der Waals surface area (Å²) < 4.78 is 11.5. The highest BCUT2D eigenvalue weighted by Crippen LogP contribution is 2.36. The van der Waals surface area contributed by atoms with Crippen LogP contribution in [-0.2, 0) is 0 Å². The summed E-state index contributed by atoms with van der Waals surface area (Å²) in [5.41, 5.74) is 3.22. The van der Waals surface area contributed by atoms with Gasteiger partial charge in [-0.3, -0.25) is 14.9 Å². The van der Waals surface area contributed by atoms with Crippen LogP contribution in [0, 0.1) is 10.1 Å². The van der Waals surface area contributed by atoms with Crippen molar-refractivity contribution in [1.82, 2.24) is 5.43 Å². The van der Waals surface area contributed by atoms with E-state index in [2.05, 4.69) is 26.5 Å². The third kappa shape index (κ3) is 4.79. The molecule has 26 heavy (non-hydrogen) atoms. The molecule has 1 N–H and O–H groups in total. The van der Waals surface area contributed by atoms with E-state index < -0.39 is 10.8 Å². The Hall–Kier alpha value is -2.94. The molecular weight excluding hydrogens is 406 g/mol. The Kier molecular flexibility index (Phi) is 6.67. The van der Waals surface area contributed by atoms with Gasteiger partial charge in [0, 0.05) is 17.7 Å². The Balaban J connectivity index is 2.08. The number of nitro groups is 1. The number of non-ortho nitro benzene ring substituents is 1. The van der Waals surface area contributed by atoms with Gasteiger partial charge in [-0.2, -0.15) is 5.10 Å². The third-order valence-corrected chi connectivity index (χ3v) is 3.85. The minimum absolute atomic E-state index is 0.0867. The maximum atomic E-state index is 12.0. The largest absolute Gasteiger partial charge is 0.493 e. The van der Waals surface area contributed by atoms with E-state index in [4.69, 9.17) is 9.47 Å². The molecular formula is C17H16BrN3O5. The van der Waals surface area contributed by atoms with Gasteiger partial charge in [-0.1, -0.05) is 0 Å². The van der Waals surface area contributed by atoms with E-state index in [1.807, 2.05) is 6.92 Å². The summed E-state index contributed by atoms with van der Waals surface area (Å²) in [5.74, 6) is 0.638. The van der Waals surface area contributed by atoms with Crippen LogP contribution in [0.4, 0.5) is 5.69 Å². The summed E-state index contributed by atoms with van der Waals surface area (Å²) in [5, 5.41) is 14.5. The highest BCUT2D eigenvalue weighted by Gasteiger charge is 2.11. The number of benzene rings is 2. The van der Waals surface area contributed by atoms with Gasteiger partial charge in [0.1, 0.15) is 0 Å². The van der Waals surface area contributed by atoms with Crippen LogP contribution in [0.2, 0.25) is 0 Å². The molecule has 0 spiro atoms. The first kappa shape index (κ1) is 19.4. The first-order valence-electron chi connectivity index (χ1n) is 7.54. The molecule has 0 fully saturated rings. The molecule has 0 atom stereocenters. The maximum Gasteiger partial charge on any atom is 0.271 e. The number of hydrazone groups is 1. The van der Waals surface area contributed by atoms with Crippen molar-refractivity contribution in [3.8, 4) is 11.5 Å². The van der Waals surface area contributed by atoms with Crippen molar-refractivity contribution in [3.05, 3.63) is 62.1 Å². The van der Waals surface area contributed by atoms with Crippen LogP contribution in [0.5, 0.6) is 11.5 Å². The molecule has 0 heterocycles. The molecule has 0 radical (unpaired) electrons. The number of nitrogens with one attached hydrogen (secondary N) is 1. The van der Waals surface area contributed by atoms with Gasteiger partial charge in [-0.25, -0.2) is 5.43 Å². The van der Waals surface area contributed by atoms with Gasteiger partial charge in [0.2, 0.25) is 0 Å². The fourth-order valence-corrected chi connectivity index (χ4v) is 2.64. The molecule has 0 bridgehead atoms. The third-order valence-electron chi connectivity index (χ3n) is 3.26. The van der Waals surface area contributed by atoms with Crippen LogP contribution in [-0.4, -0.2) is 30.8 Å². The second-order valence-corrected chi connectivity index (χ2v) is 5.82. The van der Waals surface area contributed by atoms with Crippen LogP contribution in [0.3, 0.4) is 0 Å². The van der Waals surface area contributed by atoms with Gasteiger partial charge in [0.05, 0.1) is 29.3 Å². The fourth-order valence-electron chi connectivity index (χ4n) is 2.06. The number of nitro benzene ring substituents is 1. The van der Waals surface area contributed by atoms with Crippen molar-refractivity contribution in [2.24, 2.45) is 5.10 Å². The second kappa shape index (κ2) is 8.95. The summed E-state index contributed by atoms with van der Waals surface area (Å²) in [6.45, 7) is 2.36. The predicted octanol–water partition coefficient (Wildman–Crippen LogP) is 3.53. The van der Waals surface area contributed by atoms with E-state index in [0.717, 1.165) is 0 Å². The smallest absolute Gasteiger partial charge is 0.271 e. The van der Waals surface area contributed by atoms with E-state index in [0.29, 0.717) is 28.1 Å². The number of ether oxygens (including phenoxy) is 2. The number of hydrogen-bond acceptors (Lipinski definition) is 6. The van der Waals surface area contributed by atoms with Gasteiger partial charge in [0.25, 0.3) is 11.6 Å². The number of amides is 1. The van der Waals surface area contributed by atoms with E-state index >= 15 is 0 Å². The number of methoxy groups -OCH3 is 1. The van der Waals surface area contributed by atoms with Crippen molar-refractivity contribution < 1.29 is 19.2 Å². The minimum atomic E-state index is -0.531. The molecule has 2 aromatic carbocycles. The highest BCUT2D eigenvalue weighted by molar-refractivity contribution is 9.10. The quantitative estimate of drug-likeness (QED) is 0.418. The molecule has 1 amide bonds. The minimum Gasteiger partial charge on any atom is -0.493 e. The van der Waals surface area contributed by atoms with Gasteiger partial charge < -0.3 is 9.47 Å². The summed E-state index contributed by atoms with van der Waals surface area (Å²) in [6, 6.07) is 8.73. The van der Waals surface area contributed by atoms with Gasteiger partial charge in [0.15, 0.2) is 11.5 Å². The Morgan fingerprint density at radius 2 is 2.04 bits per heavy atom. The average Bonchev–Trinajstić information content (AvgIpc) is 2.63. The monoisotopic (exact) mass is 421 g/mol. The number of halogens is 1. The number of hydrogen-bond donors (Lipinski definition) is 1. The lowest BCUT2D eigenvalue weighted by atomic mass is 10.2. The van der Waals surface area contributed by atoms with Crippen LogP contribution < -0.4 is 14.9 Å². The lowest BCUT2D eigenvalue weighted by Crippen LogP contribution is -2.17. The van der Waals surface area contributed by atoms with E-state index in [1.54, 1.807) is 12.1 Å². The van der Waals surface area contributed by atoms with Crippen molar-refractivity contribution in [2.45, 2.75) is 6.92 Å². The Morgan fingerprint density at radius 1 is 1.35 bits per heavy atom. The maximum absolute atomic E-state index is 12.0. The van der Waals surface area contributed by atoms with Crippen molar-refractivity contribution in [3.63, 3.8) is 0 Å². The summed E-state index contributed by atoms with van der Waals surface area (Å²) >= 11 is 3.41. The summed E-state index contributed by atoms with van der Waals surface area (Å²) in [7, 11) is 1.53. The molecule has 2 aromatic rings. The van der Waals surface area contributed by atoms with Gasteiger partial charge in [-0.05, 0) is 52.7 Å². The number of carbonyl (C=O) groups excluding carboxylic acids is 1. The Bertz CT molecular complexity index is 837. The Morgan fingerprint density at radius 3 is 2.62 bits per heavy atom. The molecule has 136 valence electrons. The molecule has 0 unspecified atom stereocenters. The number of nitrogens with zero attached hydrogens (tertiary/aromatic N) is 2. The molecule has 0 aliphatic heterocycles. The molecule has 8 nitrogen and oxygen atoms in total. The van der Waals surface area contributed by atoms with Crippen LogP contribution in [0.15, 0.2) is 46.0 Å². The average molecular weight is 422 g/mol. The second-order valence-electron chi connectivity index (χ2n) is 4.97. The van der Waals surface area contributed by atoms with E-state index in [-0.39, 0.29) is 11.3 Å². The molecule has 0 saturated heterocycles. The highest BCUT2D eigenvalue weighted by atomic mass is 79.9. The van der Waals surface area contributed by atoms with Gasteiger partial charge >= 0.3 is 0 Å². The molecule has 2 rings (SSSR count). The van der Waals surface area contributed by atoms with Crippen molar-refractivity contribution >= 4 is 33.7 Å². The SMILES string of the molecule is CCOc1c(Br)cc(/C=N\NC(=O)c2ccc([N+](=O)[O-])cc2)cc1OC. The molecule has 0 aromatic heterocycles. The van der Waals surface area contributed by atoms with Gasteiger partial charge in [-0.15, -0.1) is 0 Å². The molecule has 0 aliphatic rings. The fraction of sp³-hybridized carbons (Fsp3) is 0.176. The molecule has 9 heteroatoms. The zero-order chi connectivity index (χ0) is 19.1. The predicted molar refractivity (Wildman–Crippen MR) is 100 cm³/mol. The molecule has 0 saturated carbocycles. The van der Waals surface area contributed by atoms with Crippen LogP contribution in [0.1, 0.15) is 22.8 Å². The normalized spacial score (nSPS) is 10.6. The first-order valence-corrected chi connectivity index (χ1v) is 8.33. The lowest BCUT2D eigenvalue weighted by Gasteiger charge is -2.11. The standard InChI is InChI=1S/C17H16BrN3O5/c1-3-26-16-14(18)8-11(9-15(16)25-2)10-19-20-17(22)12-4-6-13(7-5-12)21(23)24/h4-10H,3H2,1-2H3,(H,20,22)/b19-10-. The number of rotatable bonds is 7. The van der Waals surface area contributed by atoms with Crippen LogP contribution in [0.25, 0.3) is 0 Å². The zero-order valence-corrected chi connectivity index (χ0v) is 15.6. The summed E-state index contributed by atoms with van der Waals surface area (Å²) in [6.07, 6.45) is 1.45. The first-order chi connectivity index (χ1) is 12.5. The van der Waals surface area contributed by atoms with Crippen molar-refractivity contribution in [1.29, 1.82) is 0 Å². The summed E-state index contributed by atoms with van der Waals surface area (Å²) in [4.78, 5) is 22.1.